The number of rotatable bonds is 2. The van der Waals surface area contributed by atoms with Gasteiger partial charge in [-0.25, -0.2) is 4.98 Å². The van der Waals surface area contributed by atoms with Crippen molar-refractivity contribution in [3.05, 3.63) is 118 Å². The predicted molar refractivity (Wildman–Crippen MR) is 249 cm³/mol. The Morgan fingerprint density at radius 2 is 0.930 bits per heavy atom. The second-order valence-corrected chi connectivity index (χ2v) is 22.5. The molecular formula is C53H64BN3. The Hall–Kier alpha value is -4.57. The number of aromatic nitrogens is 2. The Labute approximate surface area is 344 Å². The van der Waals surface area contributed by atoms with Gasteiger partial charge < -0.3 is 4.90 Å². The lowest BCUT2D eigenvalue weighted by molar-refractivity contribution is 0.589. The average molecular weight is 754 g/mol. The highest BCUT2D eigenvalue weighted by molar-refractivity contribution is 7.00. The van der Waals surface area contributed by atoms with E-state index < -0.39 is 0 Å². The number of hydrogen-bond acceptors (Lipinski definition) is 2. The first-order valence-electron chi connectivity index (χ1n) is 21.2. The van der Waals surface area contributed by atoms with Crippen LogP contribution in [0.4, 0.5) is 17.1 Å². The van der Waals surface area contributed by atoms with Crippen LogP contribution in [0.15, 0.2) is 78.9 Å². The van der Waals surface area contributed by atoms with E-state index in [2.05, 4.69) is 206 Å². The van der Waals surface area contributed by atoms with Gasteiger partial charge in [-0.15, -0.1) is 0 Å². The zero-order valence-corrected chi connectivity index (χ0v) is 37.9. The number of hydrogen-bond donors (Lipinski definition) is 0. The number of fused-ring (bicyclic) bond motifs is 4. The van der Waals surface area contributed by atoms with Crippen molar-refractivity contribution in [2.24, 2.45) is 0 Å². The Balaban J connectivity index is 1.55. The van der Waals surface area contributed by atoms with Crippen LogP contribution in [0.2, 0.25) is 0 Å². The third kappa shape index (κ3) is 6.37. The summed E-state index contributed by atoms with van der Waals surface area (Å²) >= 11 is 0. The first kappa shape index (κ1) is 39.3. The Morgan fingerprint density at radius 3 is 1.47 bits per heavy atom. The molecule has 0 spiro atoms. The fourth-order valence-corrected chi connectivity index (χ4v) is 9.21. The predicted octanol–water partition coefficient (Wildman–Crippen LogP) is 12.4. The van der Waals surface area contributed by atoms with E-state index in [0.717, 1.165) is 11.3 Å². The van der Waals surface area contributed by atoms with Gasteiger partial charge in [-0.1, -0.05) is 146 Å². The van der Waals surface area contributed by atoms with Crippen molar-refractivity contribution in [2.45, 2.75) is 145 Å². The fraction of sp³-hybridized carbons (Fsp3) is 0.415. The standard InChI is InChI=1S/C53H64BN3/c1-31-24-35(51(9,10)11)25-32(2)45(31)48-55-41-27-36(52(12,13)14)26-40-47(41)57(48)44-30-37(53(15,16)17)29-43-46(44)54(40)39-23-20-34(50(6,7)8)28-42(39)56(43)38-21-18-33(19-22-38)49(3,4)5/h18-30H,1-17H3. The van der Waals surface area contributed by atoms with E-state index in [1.165, 1.54) is 89.2 Å². The zero-order valence-electron chi connectivity index (χ0n) is 37.9. The minimum absolute atomic E-state index is 0.00670. The van der Waals surface area contributed by atoms with Crippen molar-refractivity contribution in [2.75, 3.05) is 4.90 Å². The van der Waals surface area contributed by atoms with Gasteiger partial charge in [0.25, 0.3) is 6.71 Å². The van der Waals surface area contributed by atoms with Crippen LogP contribution >= 0.6 is 0 Å². The van der Waals surface area contributed by atoms with E-state index in [9.17, 15) is 0 Å². The van der Waals surface area contributed by atoms with Crippen LogP contribution < -0.4 is 21.3 Å². The molecule has 3 heterocycles. The van der Waals surface area contributed by atoms with Crippen molar-refractivity contribution in [1.29, 1.82) is 0 Å². The second-order valence-electron chi connectivity index (χ2n) is 22.5. The molecule has 57 heavy (non-hydrogen) atoms. The monoisotopic (exact) mass is 754 g/mol. The lowest BCUT2D eigenvalue weighted by Gasteiger charge is -2.42. The van der Waals surface area contributed by atoms with Crippen LogP contribution in [0.1, 0.15) is 143 Å². The van der Waals surface area contributed by atoms with Gasteiger partial charge in [0.15, 0.2) is 0 Å². The summed E-state index contributed by atoms with van der Waals surface area (Å²) in [4.78, 5) is 8.30. The van der Waals surface area contributed by atoms with Gasteiger partial charge in [0, 0.05) is 28.3 Å². The maximum absolute atomic E-state index is 5.71. The first-order chi connectivity index (χ1) is 26.2. The van der Waals surface area contributed by atoms with E-state index in [1.54, 1.807) is 0 Å². The summed E-state index contributed by atoms with van der Waals surface area (Å²) in [7, 11) is 0. The smallest absolute Gasteiger partial charge is 0.252 e. The Kier molecular flexibility index (Phi) is 8.59. The molecule has 0 N–H and O–H groups in total. The van der Waals surface area contributed by atoms with Gasteiger partial charge in [-0.05, 0) is 133 Å². The molecule has 0 amide bonds. The molecule has 0 bridgehead atoms. The average Bonchev–Trinajstić information content (AvgIpc) is 3.46. The van der Waals surface area contributed by atoms with Crippen molar-refractivity contribution >= 4 is 51.2 Å². The number of anilines is 3. The van der Waals surface area contributed by atoms with Crippen LogP contribution in [-0.4, -0.2) is 16.3 Å². The molecule has 0 fully saturated rings. The summed E-state index contributed by atoms with van der Waals surface area (Å²) < 4.78 is 2.56. The molecule has 0 atom stereocenters. The van der Waals surface area contributed by atoms with Crippen LogP contribution in [-0.2, 0) is 27.1 Å². The molecule has 8 rings (SSSR count). The van der Waals surface area contributed by atoms with Crippen molar-refractivity contribution in [3.63, 3.8) is 0 Å². The maximum atomic E-state index is 5.71. The highest BCUT2D eigenvalue weighted by Crippen LogP contribution is 2.45. The molecule has 3 nitrogen and oxygen atoms in total. The van der Waals surface area contributed by atoms with E-state index in [0.29, 0.717) is 0 Å². The van der Waals surface area contributed by atoms with Gasteiger partial charge in [0.2, 0.25) is 0 Å². The third-order valence-corrected chi connectivity index (χ3v) is 12.8. The van der Waals surface area contributed by atoms with Gasteiger partial charge in [0.1, 0.15) is 5.82 Å². The topological polar surface area (TPSA) is 21.1 Å². The van der Waals surface area contributed by atoms with E-state index in [-0.39, 0.29) is 33.8 Å². The van der Waals surface area contributed by atoms with Crippen molar-refractivity contribution < 1.29 is 0 Å². The van der Waals surface area contributed by atoms with E-state index in [4.69, 9.17) is 4.98 Å². The molecule has 1 aromatic heterocycles. The summed E-state index contributed by atoms with van der Waals surface area (Å²) in [6, 6.07) is 31.4. The molecule has 0 saturated heterocycles. The lowest BCUT2D eigenvalue weighted by atomic mass is 9.33. The largest absolute Gasteiger partial charge is 0.311 e. The molecule has 0 saturated carbocycles. The minimum atomic E-state index is -0.0905. The summed E-state index contributed by atoms with van der Waals surface area (Å²) in [6.07, 6.45) is 0. The van der Waals surface area contributed by atoms with Gasteiger partial charge in [-0.3, -0.25) is 4.57 Å². The molecule has 5 aromatic carbocycles. The van der Waals surface area contributed by atoms with Crippen molar-refractivity contribution in [3.8, 4) is 17.1 Å². The maximum Gasteiger partial charge on any atom is 0.252 e. The molecule has 2 aliphatic heterocycles. The molecule has 4 heteroatoms. The molecule has 0 unspecified atom stereocenters. The number of imidazole rings is 1. The SMILES string of the molecule is Cc1cc(C(C)(C)C)cc(C)c1-c1nc2cc(C(C)(C)C)cc3c2n1-c1cc(C(C)(C)C)cc2c1B3c1ccc(C(C)(C)C)cc1N2c1ccc(C(C)(C)C)cc1. The third-order valence-electron chi connectivity index (χ3n) is 12.8. The Morgan fingerprint density at radius 1 is 0.456 bits per heavy atom. The summed E-state index contributed by atoms with van der Waals surface area (Å²) in [5.41, 5.74) is 21.8. The van der Waals surface area contributed by atoms with Gasteiger partial charge >= 0.3 is 0 Å². The second kappa shape index (κ2) is 12.5. The highest BCUT2D eigenvalue weighted by atomic mass is 15.2. The molecule has 0 aliphatic carbocycles. The summed E-state index contributed by atoms with van der Waals surface area (Å²) in [5, 5.41) is 0. The number of benzene rings is 5. The van der Waals surface area contributed by atoms with Crippen LogP contribution in [0.5, 0.6) is 0 Å². The highest BCUT2D eigenvalue weighted by Gasteiger charge is 2.44. The molecular weight excluding hydrogens is 689 g/mol. The molecule has 6 aromatic rings. The number of aryl methyl sites for hydroxylation is 2. The van der Waals surface area contributed by atoms with Crippen LogP contribution in [0, 0.1) is 13.8 Å². The van der Waals surface area contributed by atoms with Crippen LogP contribution in [0.25, 0.3) is 28.1 Å². The Bertz CT molecular complexity index is 2580. The summed E-state index contributed by atoms with van der Waals surface area (Å²) in [6.45, 7) is 39.5. The zero-order chi connectivity index (χ0) is 41.5. The van der Waals surface area contributed by atoms with Gasteiger partial charge in [-0.2, -0.15) is 0 Å². The normalized spacial score (nSPS) is 14.3. The van der Waals surface area contributed by atoms with Crippen LogP contribution in [0.3, 0.4) is 0 Å². The minimum Gasteiger partial charge on any atom is -0.311 e. The molecule has 2 aliphatic rings. The first-order valence-corrected chi connectivity index (χ1v) is 21.2. The van der Waals surface area contributed by atoms with Crippen molar-refractivity contribution in [1.82, 2.24) is 9.55 Å². The number of nitrogens with zero attached hydrogens (tertiary/aromatic N) is 3. The van der Waals surface area contributed by atoms with Gasteiger partial charge in [0.05, 0.1) is 11.0 Å². The lowest BCUT2D eigenvalue weighted by Crippen LogP contribution is -2.61. The van der Waals surface area contributed by atoms with E-state index >= 15 is 0 Å². The fourth-order valence-electron chi connectivity index (χ4n) is 9.21. The molecule has 294 valence electrons. The molecule has 0 radical (unpaired) electrons. The quantitative estimate of drug-likeness (QED) is 0.164. The van der Waals surface area contributed by atoms with E-state index in [1.807, 2.05) is 0 Å². The summed E-state index contributed by atoms with van der Waals surface area (Å²) in [5.74, 6) is 1.04.